The molecule has 0 atom stereocenters. The van der Waals surface area contributed by atoms with Crippen molar-refractivity contribution < 1.29 is 9.90 Å². The summed E-state index contributed by atoms with van der Waals surface area (Å²) in [6, 6.07) is 0. The molecule has 0 aromatic rings. The third-order valence-corrected chi connectivity index (χ3v) is 0.919. The van der Waals surface area contributed by atoms with Crippen molar-refractivity contribution in [3.8, 4) is 0 Å². The van der Waals surface area contributed by atoms with E-state index in [9.17, 15) is 4.79 Å². The molecule has 0 saturated heterocycles. The van der Waals surface area contributed by atoms with Gasteiger partial charge in [0.05, 0.1) is 0 Å². The van der Waals surface area contributed by atoms with Crippen molar-refractivity contribution in [1.29, 1.82) is 0 Å². The molecule has 0 heterocycles. The Hall–Kier alpha value is -0.370. The number of carbonyl (C=O) groups excluding carboxylic acids is 1. The third-order valence-electron chi connectivity index (χ3n) is 0.919. The van der Waals surface area contributed by atoms with Crippen LogP contribution in [0.5, 0.6) is 0 Å². The van der Waals surface area contributed by atoms with Gasteiger partial charge < -0.3 is 9.90 Å². The Morgan fingerprint density at radius 2 is 1.82 bits per heavy atom. The molecule has 2 nitrogen and oxygen atoms in total. The Labute approximate surface area is 69.6 Å². The number of ketones is 1. The Balaban J connectivity index is 0. The predicted molar refractivity (Wildman–Crippen MR) is 47.5 cm³/mol. The molecule has 0 aromatic heterocycles. The minimum atomic E-state index is 0.287. The molecule has 0 aliphatic carbocycles. The Bertz CT molecular complexity index is 85.6. The molecule has 0 amide bonds. The fraction of sp³-hybridized carbons (Fsp3) is 0.889. The lowest BCUT2D eigenvalue weighted by atomic mass is 10.1. The van der Waals surface area contributed by atoms with Crippen LogP contribution in [0, 0.1) is 5.92 Å². The van der Waals surface area contributed by atoms with Gasteiger partial charge in [-0.2, -0.15) is 0 Å². The second-order valence-electron chi connectivity index (χ2n) is 3.02. The number of aliphatic hydroxyl groups is 1. The van der Waals surface area contributed by atoms with Gasteiger partial charge >= 0.3 is 0 Å². The topological polar surface area (TPSA) is 37.3 Å². The van der Waals surface area contributed by atoms with Crippen LogP contribution < -0.4 is 0 Å². The molecule has 0 aliphatic rings. The van der Waals surface area contributed by atoms with Gasteiger partial charge in [0.25, 0.3) is 0 Å². The predicted octanol–water partition coefficient (Wildman–Crippen LogP) is 2.01. The molecule has 0 saturated carbocycles. The third kappa shape index (κ3) is 26.2. The van der Waals surface area contributed by atoms with E-state index >= 15 is 0 Å². The normalized spacial score (nSPS) is 8.91. The van der Waals surface area contributed by atoms with Crippen LogP contribution in [0.2, 0.25) is 0 Å². The summed E-state index contributed by atoms with van der Waals surface area (Å²) in [5.74, 6) is 0.813. The molecule has 11 heavy (non-hydrogen) atoms. The van der Waals surface area contributed by atoms with Gasteiger partial charge in [0, 0.05) is 13.0 Å². The Morgan fingerprint density at radius 3 is 1.82 bits per heavy atom. The number of aliphatic hydroxyl groups excluding tert-OH is 1. The van der Waals surface area contributed by atoms with E-state index in [0.717, 1.165) is 12.8 Å². The molecule has 0 rings (SSSR count). The summed E-state index contributed by atoms with van der Waals surface area (Å²) in [4.78, 5) is 10.3. The summed E-state index contributed by atoms with van der Waals surface area (Å²) in [5, 5.41) is 7.88. The maximum Gasteiger partial charge on any atom is 0.130 e. The number of carbonyl (C=O) groups is 1. The quantitative estimate of drug-likeness (QED) is 0.685. The highest BCUT2D eigenvalue weighted by Gasteiger charge is 1.95. The first-order valence-corrected chi connectivity index (χ1v) is 4.14. The first-order chi connectivity index (χ1) is 5.04. The highest BCUT2D eigenvalue weighted by atomic mass is 16.2. The van der Waals surface area contributed by atoms with Crippen molar-refractivity contribution in [3.05, 3.63) is 0 Å². The highest BCUT2D eigenvalue weighted by Crippen LogP contribution is 1.97. The molecule has 0 aliphatic heterocycles. The molecule has 68 valence electrons. The van der Waals surface area contributed by atoms with Crippen molar-refractivity contribution in [2.24, 2.45) is 5.92 Å². The summed E-state index contributed by atoms with van der Waals surface area (Å²) in [6.45, 7) is 7.96. The van der Waals surface area contributed by atoms with E-state index in [1.807, 2.05) is 20.8 Å². The van der Waals surface area contributed by atoms with Gasteiger partial charge in [-0.3, -0.25) is 0 Å². The van der Waals surface area contributed by atoms with Crippen molar-refractivity contribution in [1.82, 2.24) is 0 Å². The zero-order chi connectivity index (χ0) is 9.28. The van der Waals surface area contributed by atoms with E-state index in [0.29, 0.717) is 12.5 Å². The number of hydrogen-bond acceptors (Lipinski definition) is 2. The fourth-order valence-corrected chi connectivity index (χ4v) is 0.575. The van der Waals surface area contributed by atoms with E-state index in [4.69, 9.17) is 5.11 Å². The van der Waals surface area contributed by atoms with Crippen molar-refractivity contribution in [2.45, 2.75) is 40.5 Å². The molecule has 1 N–H and O–H groups in total. The van der Waals surface area contributed by atoms with E-state index in [-0.39, 0.29) is 5.78 Å². The second kappa shape index (κ2) is 9.63. The Morgan fingerprint density at radius 1 is 1.45 bits per heavy atom. The average molecular weight is 160 g/mol. The molecule has 0 bridgehead atoms. The van der Waals surface area contributed by atoms with Crippen LogP contribution in [0.3, 0.4) is 0 Å². The number of Topliss-reactive ketones (excluding diaryl/α,β-unsaturated/α-hetero) is 1. The van der Waals surface area contributed by atoms with Crippen LogP contribution in [-0.4, -0.2) is 17.5 Å². The van der Waals surface area contributed by atoms with Crippen LogP contribution in [-0.2, 0) is 4.79 Å². The van der Waals surface area contributed by atoms with Crippen LogP contribution in [0.4, 0.5) is 0 Å². The van der Waals surface area contributed by atoms with E-state index < -0.39 is 0 Å². The molecular weight excluding hydrogens is 140 g/mol. The van der Waals surface area contributed by atoms with Crippen LogP contribution in [0.1, 0.15) is 40.5 Å². The largest absolute Gasteiger partial charge is 0.396 e. The number of rotatable bonds is 3. The smallest absolute Gasteiger partial charge is 0.130 e. The number of hydrogen-bond donors (Lipinski definition) is 1. The molecule has 0 spiro atoms. The average Bonchev–Trinajstić information content (AvgIpc) is 1.85. The zero-order valence-corrected chi connectivity index (χ0v) is 8.05. The minimum Gasteiger partial charge on any atom is -0.396 e. The minimum absolute atomic E-state index is 0.287. The van der Waals surface area contributed by atoms with Crippen molar-refractivity contribution >= 4 is 5.78 Å². The summed E-state index contributed by atoms with van der Waals surface area (Å²) in [7, 11) is 0. The van der Waals surface area contributed by atoms with Gasteiger partial charge in [-0.05, 0) is 19.3 Å². The fourth-order valence-electron chi connectivity index (χ4n) is 0.575. The van der Waals surface area contributed by atoms with Gasteiger partial charge in [-0.15, -0.1) is 0 Å². The maximum absolute atomic E-state index is 10.3. The van der Waals surface area contributed by atoms with E-state index in [1.54, 1.807) is 6.92 Å². The first-order valence-electron chi connectivity index (χ1n) is 4.14. The molecule has 0 radical (unpaired) electrons. The standard InChI is InChI=1S/C6H12O.C3H8O/c1-5(2)4-6(3)7;1-2-3-4/h5H,4H2,1-3H3;4H,2-3H2,1H3. The molecule has 0 aromatic carbocycles. The lowest BCUT2D eigenvalue weighted by molar-refractivity contribution is -0.117. The van der Waals surface area contributed by atoms with Gasteiger partial charge in [0.15, 0.2) is 0 Å². The molecule has 0 fully saturated rings. The summed E-state index contributed by atoms with van der Waals surface area (Å²) in [6.07, 6.45) is 1.60. The summed E-state index contributed by atoms with van der Waals surface area (Å²) in [5.41, 5.74) is 0. The first kappa shape index (κ1) is 13.2. The van der Waals surface area contributed by atoms with Crippen LogP contribution in [0.15, 0.2) is 0 Å². The lowest BCUT2D eigenvalue weighted by Crippen LogP contribution is -1.95. The van der Waals surface area contributed by atoms with Gasteiger partial charge in [-0.1, -0.05) is 20.8 Å². The van der Waals surface area contributed by atoms with E-state index in [1.165, 1.54) is 0 Å². The zero-order valence-electron chi connectivity index (χ0n) is 8.05. The lowest BCUT2D eigenvalue weighted by Gasteiger charge is -1.95. The maximum atomic E-state index is 10.3. The Kier molecular flexibility index (Phi) is 11.6. The molecule has 0 unspecified atom stereocenters. The molecular formula is C9H20O2. The van der Waals surface area contributed by atoms with Crippen LogP contribution >= 0.6 is 0 Å². The van der Waals surface area contributed by atoms with Gasteiger partial charge in [-0.25, -0.2) is 0 Å². The highest BCUT2D eigenvalue weighted by molar-refractivity contribution is 5.75. The van der Waals surface area contributed by atoms with Crippen molar-refractivity contribution in [2.75, 3.05) is 6.61 Å². The van der Waals surface area contributed by atoms with Gasteiger partial charge in [0.2, 0.25) is 0 Å². The van der Waals surface area contributed by atoms with E-state index in [2.05, 4.69) is 0 Å². The summed E-state index contributed by atoms with van der Waals surface area (Å²) >= 11 is 0. The van der Waals surface area contributed by atoms with Gasteiger partial charge in [0.1, 0.15) is 5.78 Å². The monoisotopic (exact) mass is 160 g/mol. The SMILES string of the molecule is CC(=O)CC(C)C.CCCO. The second-order valence-corrected chi connectivity index (χ2v) is 3.02. The summed E-state index contributed by atoms with van der Waals surface area (Å²) < 4.78 is 0. The molecule has 2 heteroatoms. The van der Waals surface area contributed by atoms with Crippen LogP contribution in [0.25, 0.3) is 0 Å². The van der Waals surface area contributed by atoms with Crippen molar-refractivity contribution in [3.63, 3.8) is 0 Å².